The van der Waals surface area contributed by atoms with Crippen LogP contribution in [0.4, 0.5) is 0 Å². The fourth-order valence-corrected chi connectivity index (χ4v) is 4.05. The molecule has 26 heavy (non-hydrogen) atoms. The minimum atomic E-state index is -0.139. The van der Waals surface area contributed by atoms with Crippen LogP contribution in [-0.2, 0) is 29.5 Å². The number of methoxy groups -OCH3 is 1. The third-order valence-corrected chi connectivity index (χ3v) is 5.54. The maximum atomic E-state index is 11.4. The summed E-state index contributed by atoms with van der Waals surface area (Å²) in [6.07, 6.45) is 7.23. The first-order valence-corrected chi connectivity index (χ1v) is 9.21. The zero-order chi connectivity index (χ0) is 18.1. The molecule has 2 aliphatic rings. The number of piperidine rings is 1. The summed E-state index contributed by atoms with van der Waals surface area (Å²) in [5, 5.41) is 4.43. The summed E-state index contributed by atoms with van der Waals surface area (Å²) in [4.78, 5) is 18.3. The van der Waals surface area contributed by atoms with Crippen molar-refractivity contribution in [3.63, 3.8) is 0 Å². The van der Waals surface area contributed by atoms with Gasteiger partial charge in [0.05, 0.1) is 13.5 Å². The highest BCUT2D eigenvalue weighted by molar-refractivity contribution is 5.81. The molecule has 0 unspecified atom stereocenters. The van der Waals surface area contributed by atoms with Gasteiger partial charge in [0, 0.05) is 62.7 Å². The monoisotopic (exact) mass is 355 g/mol. The van der Waals surface area contributed by atoms with E-state index >= 15 is 0 Å². The number of nitrogens with zero attached hydrogens (tertiary/aromatic N) is 5. The van der Waals surface area contributed by atoms with Crippen molar-refractivity contribution in [2.75, 3.05) is 26.7 Å². The van der Waals surface area contributed by atoms with Crippen LogP contribution >= 0.6 is 0 Å². The van der Waals surface area contributed by atoms with Gasteiger partial charge < -0.3 is 14.2 Å². The zero-order valence-corrected chi connectivity index (χ0v) is 15.4. The number of ether oxygens (including phenoxy) is 1. The Balaban J connectivity index is 1.61. The molecule has 4 rings (SSSR count). The van der Waals surface area contributed by atoms with Crippen molar-refractivity contribution in [1.29, 1.82) is 0 Å². The number of fused-ring (bicyclic) bond motifs is 2. The van der Waals surface area contributed by atoms with E-state index in [2.05, 4.69) is 38.9 Å². The second-order valence-corrected chi connectivity index (χ2v) is 6.99. The van der Waals surface area contributed by atoms with Gasteiger partial charge in [-0.15, -0.1) is 0 Å². The average molecular weight is 355 g/mol. The summed E-state index contributed by atoms with van der Waals surface area (Å²) in [6, 6.07) is 2.21. The van der Waals surface area contributed by atoms with E-state index in [9.17, 15) is 4.79 Å². The number of hydrogen-bond donors (Lipinski definition) is 0. The Morgan fingerprint density at radius 2 is 2.04 bits per heavy atom. The van der Waals surface area contributed by atoms with Gasteiger partial charge >= 0.3 is 5.97 Å². The minimum Gasteiger partial charge on any atom is -0.469 e. The maximum absolute atomic E-state index is 11.4. The van der Waals surface area contributed by atoms with Crippen molar-refractivity contribution in [3.8, 4) is 0 Å². The number of aromatic nitrogens is 4. The predicted molar refractivity (Wildman–Crippen MR) is 97.5 cm³/mol. The molecule has 7 heteroatoms. The molecule has 0 saturated carbocycles. The smallest absolute Gasteiger partial charge is 0.306 e. The van der Waals surface area contributed by atoms with Gasteiger partial charge in [-0.25, -0.2) is 9.67 Å². The van der Waals surface area contributed by atoms with E-state index in [-0.39, 0.29) is 5.97 Å². The molecule has 2 aliphatic heterocycles. The first kappa shape index (κ1) is 17.0. The van der Waals surface area contributed by atoms with Crippen LogP contribution in [0.15, 0.2) is 24.2 Å². The van der Waals surface area contributed by atoms with Crippen LogP contribution in [0, 0.1) is 0 Å². The number of aryl methyl sites for hydroxylation is 2. The van der Waals surface area contributed by atoms with E-state index in [0.29, 0.717) is 6.42 Å². The standard InChI is InChI=1S/C19H25N5O2/c1-22-8-5-15-16(22)6-12-24-19(20-13-21-24)18(15)14-3-9-23(10-4-14)11-7-17(25)26-2/h5,8,13H,3-4,6-7,9-12H2,1-2H3. The van der Waals surface area contributed by atoms with E-state index in [1.807, 2.05) is 4.68 Å². The summed E-state index contributed by atoms with van der Waals surface area (Å²) in [5.74, 6) is 0.855. The summed E-state index contributed by atoms with van der Waals surface area (Å²) in [6.45, 7) is 3.56. The van der Waals surface area contributed by atoms with Crippen molar-refractivity contribution in [1.82, 2.24) is 24.2 Å². The lowest BCUT2D eigenvalue weighted by molar-refractivity contribution is -0.141. The molecule has 0 spiro atoms. The topological polar surface area (TPSA) is 65.2 Å². The lowest BCUT2D eigenvalue weighted by Crippen LogP contribution is -2.33. The van der Waals surface area contributed by atoms with E-state index in [1.54, 1.807) is 6.33 Å². The third-order valence-electron chi connectivity index (χ3n) is 5.54. The third kappa shape index (κ3) is 3.07. The average Bonchev–Trinajstić information content (AvgIpc) is 3.23. The Morgan fingerprint density at radius 3 is 2.81 bits per heavy atom. The van der Waals surface area contributed by atoms with Gasteiger partial charge in [-0.05, 0) is 18.9 Å². The van der Waals surface area contributed by atoms with Crippen molar-refractivity contribution in [3.05, 3.63) is 41.2 Å². The van der Waals surface area contributed by atoms with E-state index in [0.717, 1.165) is 51.3 Å². The van der Waals surface area contributed by atoms with E-state index in [1.165, 1.54) is 29.5 Å². The molecule has 4 heterocycles. The molecule has 138 valence electrons. The number of esters is 1. The zero-order valence-electron chi connectivity index (χ0n) is 15.4. The molecule has 0 radical (unpaired) electrons. The molecule has 0 aliphatic carbocycles. The van der Waals surface area contributed by atoms with Crippen LogP contribution in [0.2, 0.25) is 0 Å². The molecule has 0 amide bonds. The van der Waals surface area contributed by atoms with Crippen LogP contribution in [0.1, 0.15) is 36.3 Å². The van der Waals surface area contributed by atoms with E-state index < -0.39 is 0 Å². The Morgan fingerprint density at radius 1 is 1.23 bits per heavy atom. The number of carbonyl (C=O) groups excluding carboxylic acids is 1. The molecular weight excluding hydrogens is 330 g/mol. The second-order valence-electron chi connectivity index (χ2n) is 6.99. The molecule has 1 saturated heterocycles. The summed E-state index contributed by atoms with van der Waals surface area (Å²) in [7, 11) is 3.55. The quantitative estimate of drug-likeness (QED) is 0.783. The van der Waals surface area contributed by atoms with Crippen molar-refractivity contribution in [2.45, 2.75) is 32.2 Å². The van der Waals surface area contributed by atoms with Crippen molar-refractivity contribution in [2.24, 2.45) is 7.05 Å². The lowest BCUT2D eigenvalue weighted by atomic mass is 9.92. The highest BCUT2D eigenvalue weighted by Crippen LogP contribution is 2.35. The molecule has 0 atom stereocenters. The fourth-order valence-electron chi connectivity index (χ4n) is 4.05. The number of hydrogen-bond acceptors (Lipinski definition) is 5. The van der Waals surface area contributed by atoms with Crippen molar-refractivity contribution >= 4 is 11.5 Å². The summed E-state index contributed by atoms with van der Waals surface area (Å²) >= 11 is 0. The number of rotatable bonds is 3. The van der Waals surface area contributed by atoms with Gasteiger partial charge in [0.1, 0.15) is 6.33 Å². The molecule has 2 aromatic rings. The first-order chi connectivity index (χ1) is 12.7. The lowest BCUT2D eigenvalue weighted by Gasteiger charge is -2.29. The summed E-state index contributed by atoms with van der Waals surface area (Å²) in [5.41, 5.74) is 5.37. The van der Waals surface area contributed by atoms with Crippen LogP contribution in [0.5, 0.6) is 0 Å². The van der Waals surface area contributed by atoms with Crippen LogP contribution < -0.4 is 0 Å². The van der Waals surface area contributed by atoms with Gasteiger partial charge in [0.15, 0.2) is 5.82 Å². The number of likely N-dealkylation sites (tertiary alicyclic amines) is 1. The fraction of sp³-hybridized carbons (Fsp3) is 0.526. The molecule has 0 N–H and O–H groups in total. The molecule has 0 bridgehead atoms. The molecule has 1 fully saturated rings. The van der Waals surface area contributed by atoms with Gasteiger partial charge in [-0.2, -0.15) is 5.10 Å². The van der Waals surface area contributed by atoms with E-state index in [4.69, 9.17) is 4.74 Å². The maximum Gasteiger partial charge on any atom is 0.306 e. The van der Waals surface area contributed by atoms with Gasteiger partial charge in [0.2, 0.25) is 0 Å². The van der Waals surface area contributed by atoms with Crippen LogP contribution in [-0.4, -0.2) is 56.9 Å². The highest BCUT2D eigenvalue weighted by Gasteiger charge is 2.27. The predicted octanol–water partition coefficient (Wildman–Crippen LogP) is 1.63. The number of carbonyl (C=O) groups is 1. The Kier molecular flexibility index (Phi) is 4.63. The SMILES string of the molecule is COC(=O)CCN1CCC(=C2c3ccn(C)c3CCn3ncnc32)CC1. The largest absolute Gasteiger partial charge is 0.469 e. The minimum absolute atomic E-state index is 0.139. The molecule has 2 aromatic heterocycles. The van der Waals surface area contributed by atoms with Crippen LogP contribution in [0.25, 0.3) is 5.57 Å². The van der Waals surface area contributed by atoms with Crippen molar-refractivity contribution < 1.29 is 9.53 Å². The first-order valence-electron chi connectivity index (χ1n) is 9.21. The highest BCUT2D eigenvalue weighted by atomic mass is 16.5. The molecule has 0 aromatic carbocycles. The summed E-state index contributed by atoms with van der Waals surface area (Å²) < 4.78 is 9.00. The van der Waals surface area contributed by atoms with Gasteiger partial charge in [-0.1, -0.05) is 5.57 Å². The Hall–Kier alpha value is -2.41. The molecular formula is C19H25N5O2. The normalized spacial score (nSPS) is 17.6. The van der Waals surface area contributed by atoms with Crippen LogP contribution in [0.3, 0.4) is 0 Å². The second kappa shape index (κ2) is 7.07. The Bertz CT molecular complexity index is 838. The molecule has 7 nitrogen and oxygen atoms in total. The van der Waals surface area contributed by atoms with Gasteiger partial charge in [0.25, 0.3) is 0 Å². The Labute approximate surface area is 153 Å². The van der Waals surface area contributed by atoms with Gasteiger partial charge in [-0.3, -0.25) is 4.79 Å².